The van der Waals surface area contributed by atoms with Crippen molar-refractivity contribution in [1.82, 2.24) is 0 Å². The van der Waals surface area contributed by atoms with Crippen molar-refractivity contribution in [3.8, 4) is 0 Å². The van der Waals surface area contributed by atoms with E-state index in [1.807, 2.05) is 0 Å². The molecule has 0 aromatic carbocycles. The molecule has 0 aromatic rings. The summed E-state index contributed by atoms with van der Waals surface area (Å²) in [6.07, 6.45) is 3.66. The van der Waals surface area contributed by atoms with Crippen LogP contribution in [0.1, 0.15) is 6.42 Å². The highest BCUT2D eigenvalue weighted by Gasteiger charge is 2.07. The van der Waals surface area contributed by atoms with Gasteiger partial charge in [-0.25, -0.2) is 0 Å². The van der Waals surface area contributed by atoms with E-state index in [1.165, 1.54) is 0 Å². The van der Waals surface area contributed by atoms with Crippen LogP contribution < -0.4 is 5.73 Å². The third-order valence-electron chi connectivity index (χ3n) is 0.963. The van der Waals surface area contributed by atoms with E-state index in [0.29, 0.717) is 12.3 Å². The molecule has 3 nitrogen and oxygen atoms in total. The standard InChI is InChI=1S/C6H10ClNO2/c7-4-2-1-3-5(8)6(9)10/h1-2,5H,3-4,8H2,(H,9,10)/b2-1+/t5-/m0/s1. The number of carboxylic acid groups (broad SMARTS) is 1. The molecule has 0 spiro atoms. The van der Waals surface area contributed by atoms with Crippen molar-refractivity contribution < 1.29 is 9.90 Å². The molecule has 0 aliphatic carbocycles. The highest BCUT2D eigenvalue weighted by atomic mass is 35.5. The van der Waals surface area contributed by atoms with Gasteiger partial charge in [0.2, 0.25) is 0 Å². The second kappa shape index (κ2) is 5.26. The molecule has 0 amide bonds. The molecule has 1 atom stereocenters. The lowest BCUT2D eigenvalue weighted by Crippen LogP contribution is -2.29. The Morgan fingerprint density at radius 1 is 1.70 bits per heavy atom. The van der Waals surface area contributed by atoms with Crippen molar-refractivity contribution in [3.63, 3.8) is 0 Å². The number of carboxylic acids is 1. The van der Waals surface area contributed by atoms with Crippen LogP contribution in [0.5, 0.6) is 0 Å². The van der Waals surface area contributed by atoms with E-state index < -0.39 is 12.0 Å². The molecule has 10 heavy (non-hydrogen) atoms. The monoisotopic (exact) mass is 163 g/mol. The van der Waals surface area contributed by atoms with E-state index in [0.717, 1.165) is 0 Å². The SMILES string of the molecule is N[C@@H](C/C=C/CCl)C(=O)O. The van der Waals surface area contributed by atoms with Crippen LogP contribution in [-0.2, 0) is 4.79 Å². The lowest BCUT2D eigenvalue weighted by atomic mass is 10.2. The van der Waals surface area contributed by atoms with Gasteiger partial charge < -0.3 is 10.8 Å². The quantitative estimate of drug-likeness (QED) is 0.471. The van der Waals surface area contributed by atoms with Gasteiger partial charge in [0.15, 0.2) is 0 Å². The Labute approximate surface area is 64.5 Å². The molecular formula is C6H10ClNO2. The number of rotatable bonds is 4. The lowest BCUT2D eigenvalue weighted by molar-refractivity contribution is -0.138. The summed E-state index contributed by atoms with van der Waals surface area (Å²) < 4.78 is 0. The first-order valence-electron chi connectivity index (χ1n) is 2.88. The molecule has 3 N–H and O–H groups in total. The van der Waals surface area contributed by atoms with Crippen molar-refractivity contribution >= 4 is 17.6 Å². The molecule has 0 aliphatic rings. The van der Waals surface area contributed by atoms with Gasteiger partial charge in [0.05, 0.1) is 0 Å². The zero-order valence-electron chi connectivity index (χ0n) is 5.46. The normalized spacial score (nSPS) is 13.8. The van der Waals surface area contributed by atoms with Gasteiger partial charge in [-0.05, 0) is 6.42 Å². The zero-order valence-corrected chi connectivity index (χ0v) is 6.21. The molecule has 0 bridgehead atoms. The number of hydrogen-bond donors (Lipinski definition) is 2. The van der Waals surface area contributed by atoms with Crippen LogP contribution in [0.25, 0.3) is 0 Å². The summed E-state index contributed by atoms with van der Waals surface area (Å²) >= 11 is 5.29. The summed E-state index contributed by atoms with van der Waals surface area (Å²) in [4.78, 5) is 10.1. The Balaban J connectivity index is 3.48. The van der Waals surface area contributed by atoms with E-state index in [2.05, 4.69) is 0 Å². The van der Waals surface area contributed by atoms with Gasteiger partial charge in [0, 0.05) is 5.88 Å². The fraction of sp³-hybridized carbons (Fsp3) is 0.500. The summed E-state index contributed by atoms with van der Waals surface area (Å²) in [5.74, 6) is -0.592. The molecule has 0 saturated carbocycles. The molecule has 0 aromatic heterocycles. The predicted octanol–water partition coefficient (Wildman–Crippen LogP) is 0.583. The molecule has 0 heterocycles. The first kappa shape index (κ1) is 9.46. The topological polar surface area (TPSA) is 63.3 Å². The van der Waals surface area contributed by atoms with Gasteiger partial charge in [-0.2, -0.15) is 0 Å². The minimum absolute atomic E-state index is 0.335. The zero-order chi connectivity index (χ0) is 7.98. The first-order valence-corrected chi connectivity index (χ1v) is 3.41. The first-order chi connectivity index (χ1) is 4.68. The fourth-order valence-electron chi connectivity index (χ4n) is 0.407. The van der Waals surface area contributed by atoms with E-state index in [-0.39, 0.29) is 0 Å². The molecule has 0 saturated heterocycles. The molecule has 4 heteroatoms. The van der Waals surface area contributed by atoms with Gasteiger partial charge in [-0.3, -0.25) is 4.79 Å². The third-order valence-corrected chi connectivity index (χ3v) is 1.14. The average molecular weight is 164 g/mol. The van der Waals surface area contributed by atoms with Crippen LogP contribution in [0.2, 0.25) is 0 Å². The number of aliphatic carboxylic acids is 1. The van der Waals surface area contributed by atoms with Crippen LogP contribution >= 0.6 is 11.6 Å². The van der Waals surface area contributed by atoms with Crippen LogP contribution in [-0.4, -0.2) is 23.0 Å². The van der Waals surface area contributed by atoms with Crippen LogP contribution in [0, 0.1) is 0 Å². The van der Waals surface area contributed by atoms with E-state index >= 15 is 0 Å². The minimum atomic E-state index is -0.987. The summed E-state index contributed by atoms with van der Waals surface area (Å²) in [5, 5.41) is 8.29. The number of carbonyl (C=O) groups is 1. The van der Waals surface area contributed by atoms with Crippen molar-refractivity contribution in [3.05, 3.63) is 12.2 Å². The van der Waals surface area contributed by atoms with Gasteiger partial charge in [0.1, 0.15) is 6.04 Å². The highest BCUT2D eigenvalue weighted by Crippen LogP contribution is 1.90. The Morgan fingerprint density at radius 2 is 2.30 bits per heavy atom. The Bertz CT molecular complexity index is 136. The number of nitrogens with two attached hydrogens (primary N) is 1. The van der Waals surface area contributed by atoms with Gasteiger partial charge in [-0.1, -0.05) is 12.2 Å². The summed E-state index contributed by atoms with van der Waals surface area (Å²) in [7, 11) is 0. The minimum Gasteiger partial charge on any atom is -0.480 e. The Hall–Kier alpha value is -0.540. The maximum absolute atomic E-state index is 10.1. The number of allylic oxidation sites excluding steroid dienone is 1. The average Bonchev–Trinajstić information content (AvgIpc) is 1.88. The second-order valence-corrected chi connectivity index (χ2v) is 2.11. The van der Waals surface area contributed by atoms with Gasteiger partial charge >= 0.3 is 5.97 Å². The van der Waals surface area contributed by atoms with Gasteiger partial charge in [-0.15, -0.1) is 11.6 Å². The second-order valence-electron chi connectivity index (χ2n) is 1.81. The van der Waals surface area contributed by atoms with Crippen molar-refractivity contribution in [1.29, 1.82) is 0 Å². The molecule has 0 unspecified atom stereocenters. The predicted molar refractivity (Wildman–Crippen MR) is 40.1 cm³/mol. The van der Waals surface area contributed by atoms with Crippen molar-refractivity contribution in [2.24, 2.45) is 5.73 Å². The smallest absolute Gasteiger partial charge is 0.320 e. The van der Waals surface area contributed by atoms with Crippen molar-refractivity contribution in [2.45, 2.75) is 12.5 Å². The molecule has 0 radical (unpaired) electrons. The van der Waals surface area contributed by atoms with Crippen LogP contribution in [0.3, 0.4) is 0 Å². The molecule has 0 aliphatic heterocycles. The maximum Gasteiger partial charge on any atom is 0.320 e. The van der Waals surface area contributed by atoms with E-state index in [4.69, 9.17) is 22.4 Å². The summed E-state index contributed by atoms with van der Waals surface area (Å²) in [6, 6.07) is -0.806. The van der Waals surface area contributed by atoms with Gasteiger partial charge in [0.25, 0.3) is 0 Å². The molecule has 58 valence electrons. The fourth-order valence-corrected chi connectivity index (χ4v) is 0.533. The third kappa shape index (κ3) is 4.35. The summed E-state index contributed by atoms with van der Waals surface area (Å²) in [6.45, 7) is 0. The molecular weight excluding hydrogens is 154 g/mol. The highest BCUT2D eigenvalue weighted by molar-refractivity contribution is 6.18. The van der Waals surface area contributed by atoms with Crippen LogP contribution in [0.4, 0.5) is 0 Å². The number of halogens is 1. The van der Waals surface area contributed by atoms with E-state index in [9.17, 15) is 4.79 Å². The molecule has 0 fully saturated rings. The Kier molecular flexibility index (Phi) is 4.98. The Morgan fingerprint density at radius 3 is 2.70 bits per heavy atom. The summed E-state index contributed by atoms with van der Waals surface area (Å²) in [5.41, 5.74) is 5.16. The van der Waals surface area contributed by atoms with Crippen LogP contribution in [0.15, 0.2) is 12.2 Å². The largest absolute Gasteiger partial charge is 0.480 e. The van der Waals surface area contributed by atoms with Crippen molar-refractivity contribution in [2.75, 3.05) is 5.88 Å². The maximum atomic E-state index is 10.1. The van der Waals surface area contributed by atoms with E-state index in [1.54, 1.807) is 12.2 Å². The lowest BCUT2D eigenvalue weighted by Gasteiger charge is -1.99. The number of alkyl halides is 1. The molecule has 0 rings (SSSR count). The number of hydrogen-bond acceptors (Lipinski definition) is 2.